The molecular weight excluding hydrogens is 368 g/mol. The summed E-state index contributed by atoms with van der Waals surface area (Å²) in [5.41, 5.74) is 2.39. The number of carbonyl (C=O) groups excluding carboxylic acids is 2. The molecule has 0 radical (unpaired) electrons. The number of hydrogen-bond acceptors (Lipinski definition) is 3. The quantitative estimate of drug-likeness (QED) is 0.267. The number of urea groups is 1. The summed E-state index contributed by atoms with van der Waals surface area (Å²) in [4.78, 5) is 28.2. The fourth-order valence-corrected chi connectivity index (χ4v) is 5.14. The second-order valence-electron chi connectivity index (χ2n) is 10.6. The highest BCUT2D eigenvalue weighted by Gasteiger charge is 2.42. The first-order valence-corrected chi connectivity index (χ1v) is 14.0. The number of carbonyl (C=O) groups is 2. The summed E-state index contributed by atoms with van der Waals surface area (Å²) < 4.78 is 5.42. The van der Waals surface area contributed by atoms with Gasteiger partial charge in [0.15, 0.2) is 0 Å². The largest absolute Gasteiger partial charge is 0.373 e. The van der Waals surface area contributed by atoms with Gasteiger partial charge in [0.25, 0.3) is 0 Å². The van der Waals surface area contributed by atoms with E-state index in [9.17, 15) is 9.59 Å². The molecule has 2 aliphatic heterocycles. The number of rotatable bonds is 12. The summed E-state index contributed by atoms with van der Waals surface area (Å²) in [7, 11) is -1.35. The number of imide groups is 1. The molecule has 2 fully saturated rings. The van der Waals surface area contributed by atoms with Crippen molar-refractivity contribution in [2.45, 2.75) is 78.6 Å². The summed E-state index contributed by atoms with van der Waals surface area (Å²) in [6.07, 6.45) is 4.27. The van der Waals surface area contributed by atoms with Crippen molar-refractivity contribution in [1.29, 1.82) is 0 Å². The third-order valence-electron chi connectivity index (χ3n) is 7.09. The summed E-state index contributed by atoms with van der Waals surface area (Å²) >= 11 is 0. The molecule has 0 N–H and O–H groups in total. The van der Waals surface area contributed by atoms with Crippen LogP contribution in [0.25, 0.3) is 0 Å². The van der Waals surface area contributed by atoms with E-state index in [1.807, 2.05) is 0 Å². The highest BCUT2D eigenvalue weighted by molar-refractivity contribution is 6.82. The van der Waals surface area contributed by atoms with Crippen molar-refractivity contribution in [2.75, 3.05) is 26.2 Å². The minimum atomic E-state index is -1.35. The molecule has 1 unspecified atom stereocenters. The zero-order valence-electron chi connectivity index (χ0n) is 18.8. The van der Waals surface area contributed by atoms with E-state index in [-0.39, 0.29) is 29.3 Å². The predicted molar refractivity (Wildman–Crippen MR) is 117 cm³/mol. The maximum absolute atomic E-state index is 12.7. The molecule has 0 aromatic carbocycles. The Labute approximate surface area is 172 Å². The molecule has 1 atom stereocenters. The Kier molecular flexibility index (Phi) is 7.19. The lowest BCUT2D eigenvalue weighted by molar-refractivity contribution is -0.125. The number of nitrogens with zero attached hydrogens (tertiary/aromatic N) is 2. The molecule has 3 amide bonds. The Balaban J connectivity index is 1.79. The zero-order chi connectivity index (χ0) is 21.2. The molecule has 2 heterocycles. The molecule has 2 aliphatic rings. The fraction of sp³-hybridized carbons (Fsp3) is 0.818. The maximum Gasteiger partial charge on any atom is 0.327 e. The van der Waals surface area contributed by atoms with Crippen molar-refractivity contribution in [2.24, 2.45) is 10.8 Å². The molecule has 6 heteroatoms. The van der Waals surface area contributed by atoms with Gasteiger partial charge in [-0.05, 0) is 36.5 Å². The van der Waals surface area contributed by atoms with Crippen molar-refractivity contribution in [1.82, 2.24) is 9.80 Å². The van der Waals surface area contributed by atoms with Crippen LogP contribution in [0, 0.1) is 10.8 Å². The van der Waals surface area contributed by atoms with E-state index in [1.165, 1.54) is 4.90 Å². The van der Waals surface area contributed by atoms with Crippen LogP contribution in [0.5, 0.6) is 0 Å². The first kappa shape index (κ1) is 23.1. The van der Waals surface area contributed by atoms with Crippen molar-refractivity contribution in [3.63, 3.8) is 0 Å². The molecule has 0 aromatic heterocycles. The summed E-state index contributed by atoms with van der Waals surface area (Å²) in [6.45, 7) is 20.0. The molecule has 0 spiro atoms. The van der Waals surface area contributed by atoms with Gasteiger partial charge in [0, 0.05) is 13.1 Å². The van der Waals surface area contributed by atoms with Crippen LogP contribution in [0.15, 0.2) is 12.3 Å². The van der Waals surface area contributed by atoms with Gasteiger partial charge in [-0.3, -0.25) is 9.69 Å². The van der Waals surface area contributed by atoms with Crippen LogP contribution in [0.4, 0.5) is 4.79 Å². The van der Waals surface area contributed by atoms with E-state index in [4.69, 9.17) is 4.74 Å². The van der Waals surface area contributed by atoms with Gasteiger partial charge in [0.05, 0.1) is 20.8 Å². The van der Waals surface area contributed by atoms with Gasteiger partial charge in [0.2, 0.25) is 5.91 Å². The molecule has 0 aliphatic carbocycles. The van der Waals surface area contributed by atoms with Crippen LogP contribution in [-0.4, -0.2) is 62.2 Å². The van der Waals surface area contributed by atoms with Gasteiger partial charge in [-0.2, -0.15) is 0 Å². The van der Waals surface area contributed by atoms with Gasteiger partial charge in [-0.1, -0.05) is 46.8 Å². The summed E-state index contributed by atoms with van der Waals surface area (Å²) in [5.74, 6) is -0.0475. The van der Waals surface area contributed by atoms with Crippen LogP contribution in [0.3, 0.4) is 0 Å². The zero-order valence-corrected chi connectivity index (χ0v) is 19.8. The Morgan fingerprint density at radius 2 is 1.79 bits per heavy atom. The van der Waals surface area contributed by atoms with Gasteiger partial charge in [0.1, 0.15) is 6.54 Å². The van der Waals surface area contributed by atoms with Gasteiger partial charge >= 0.3 is 6.03 Å². The topological polar surface area (TPSA) is 53.2 Å². The Morgan fingerprint density at radius 3 is 2.36 bits per heavy atom. The van der Waals surface area contributed by atoms with Crippen LogP contribution < -0.4 is 0 Å². The number of epoxide rings is 1. The number of amides is 3. The first-order chi connectivity index (χ1) is 12.9. The number of ether oxygens (including phenoxy) is 1. The van der Waals surface area contributed by atoms with E-state index < -0.39 is 8.07 Å². The molecule has 160 valence electrons. The average Bonchev–Trinajstić information content (AvgIpc) is 3.35. The molecular formula is C22H40N2O3Si. The average molecular weight is 409 g/mol. The lowest BCUT2D eigenvalue weighted by atomic mass is 9.63. The van der Waals surface area contributed by atoms with Gasteiger partial charge in [-0.25, -0.2) is 4.79 Å². The SMILES string of the molecule is C=C[Si](C)(C)CCCN1CC(=O)N(CCCC(C)(C)C(C)(C)CC2CO2)C1=O. The Morgan fingerprint density at radius 1 is 1.14 bits per heavy atom. The molecule has 2 saturated heterocycles. The minimum absolute atomic E-state index is 0.0475. The summed E-state index contributed by atoms with van der Waals surface area (Å²) in [6, 6.07) is 0.995. The molecule has 28 heavy (non-hydrogen) atoms. The highest BCUT2D eigenvalue weighted by atomic mass is 28.3. The standard InChI is InChI=1S/C22H40N2O3Si/c1-8-28(6,7)14-10-12-23-16-19(25)24(20(23)26)13-9-11-21(2,3)22(4,5)15-18-17-27-18/h8,18H,1,9-17H2,2-7H3. The number of hydrogen-bond donors (Lipinski definition) is 0. The van der Waals surface area contributed by atoms with Gasteiger partial charge < -0.3 is 9.64 Å². The first-order valence-electron chi connectivity index (χ1n) is 10.7. The second-order valence-corrected chi connectivity index (χ2v) is 15.5. The second kappa shape index (κ2) is 8.70. The lowest BCUT2D eigenvalue weighted by Crippen LogP contribution is -2.37. The van der Waals surface area contributed by atoms with Crippen LogP contribution in [-0.2, 0) is 9.53 Å². The Hall–Kier alpha value is -1.14. The smallest absolute Gasteiger partial charge is 0.327 e. The molecule has 0 aromatic rings. The monoisotopic (exact) mass is 408 g/mol. The summed E-state index contributed by atoms with van der Waals surface area (Å²) in [5, 5.41) is 0. The molecule has 5 nitrogen and oxygen atoms in total. The highest BCUT2D eigenvalue weighted by Crippen LogP contribution is 2.47. The van der Waals surface area contributed by atoms with E-state index in [0.29, 0.717) is 19.2 Å². The van der Waals surface area contributed by atoms with Crippen molar-refractivity contribution in [3.8, 4) is 0 Å². The van der Waals surface area contributed by atoms with Crippen LogP contribution in [0.1, 0.15) is 53.4 Å². The predicted octanol–water partition coefficient (Wildman–Crippen LogP) is 4.70. The third-order valence-corrected chi connectivity index (χ3v) is 9.83. The van der Waals surface area contributed by atoms with E-state index in [2.05, 4.69) is 53.1 Å². The van der Waals surface area contributed by atoms with Gasteiger partial charge in [-0.15, -0.1) is 12.3 Å². The van der Waals surface area contributed by atoms with Crippen molar-refractivity contribution >= 4 is 20.0 Å². The van der Waals surface area contributed by atoms with Crippen LogP contribution in [0.2, 0.25) is 19.1 Å². The lowest BCUT2D eigenvalue weighted by Gasteiger charge is -2.42. The van der Waals surface area contributed by atoms with Crippen molar-refractivity contribution < 1.29 is 14.3 Å². The van der Waals surface area contributed by atoms with Crippen LogP contribution >= 0.6 is 0 Å². The van der Waals surface area contributed by atoms with E-state index in [0.717, 1.165) is 38.3 Å². The van der Waals surface area contributed by atoms with Crippen molar-refractivity contribution in [3.05, 3.63) is 12.3 Å². The van der Waals surface area contributed by atoms with E-state index >= 15 is 0 Å². The Bertz CT molecular complexity index is 597. The minimum Gasteiger partial charge on any atom is -0.373 e. The third kappa shape index (κ3) is 5.93. The molecule has 0 saturated carbocycles. The van der Waals surface area contributed by atoms with E-state index in [1.54, 1.807) is 4.90 Å². The molecule has 2 rings (SSSR count). The maximum atomic E-state index is 12.7. The fourth-order valence-electron chi connectivity index (χ4n) is 3.87. The molecule has 0 bridgehead atoms. The normalized spacial score (nSPS) is 20.9.